The number of aryl methyl sites for hydroxylation is 1. The van der Waals surface area contributed by atoms with Gasteiger partial charge in [-0.25, -0.2) is 0 Å². The zero-order valence-electron chi connectivity index (χ0n) is 18.6. The van der Waals surface area contributed by atoms with Gasteiger partial charge in [0.05, 0.1) is 29.1 Å². The summed E-state index contributed by atoms with van der Waals surface area (Å²) in [4.78, 5) is 39.7. The van der Waals surface area contributed by atoms with Crippen molar-refractivity contribution in [1.29, 1.82) is 0 Å². The number of aromatic nitrogens is 1. The zero-order chi connectivity index (χ0) is 22.9. The molecule has 0 bridgehead atoms. The molecule has 6 nitrogen and oxygen atoms in total. The molecular formula is C26H23NO5. The van der Waals surface area contributed by atoms with E-state index in [2.05, 4.69) is 0 Å². The van der Waals surface area contributed by atoms with Crippen LogP contribution in [0.15, 0.2) is 47.3 Å². The monoisotopic (exact) mass is 429 g/mol. The second-order valence-corrected chi connectivity index (χ2v) is 8.89. The molecule has 0 spiro atoms. The van der Waals surface area contributed by atoms with E-state index in [1.807, 2.05) is 48.0 Å². The summed E-state index contributed by atoms with van der Waals surface area (Å²) in [6.07, 6.45) is 0. The van der Waals surface area contributed by atoms with Gasteiger partial charge in [0.2, 0.25) is 5.43 Å². The highest BCUT2D eigenvalue weighted by Gasteiger charge is 2.47. The minimum atomic E-state index is -1.01. The summed E-state index contributed by atoms with van der Waals surface area (Å²) in [7, 11) is 3.30. The van der Waals surface area contributed by atoms with Crippen molar-refractivity contribution in [3.05, 3.63) is 58.3 Å². The lowest BCUT2D eigenvalue weighted by Gasteiger charge is -2.38. The Morgan fingerprint density at radius 1 is 1.09 bits per heavy atom. The van der Waals surface area contributed by atoms with Gasteiger partial charge in [0.15, 0.2) is 5.78 Å². The molecule has 1 aliphatic heterocycles. The van der Waals surface area contributed by atoms with E-state index in [9.17, 15) is 14.4 Å². The second kappa shape index (κ2) is 6.66. The molecule has 3 aromatic carbocycles. The van der Waals surface area contributed by atoms with Gasteiger partial charge in [-0.3, -0.25) is 14.4 Å². The number of ketones is 2. The number of fused-ring (bicyclic) bond motifs is 5. The molecule has 0 N–H and O–H groups in total. The average molecular weight is 429 g/mol. The van der Waals surface area contributed by atoms with Crippen LogP contribution in [0.5, 0.6) is 11.5 Å². The Morgan fingerprint density at radius 3 is 2.38 bits per heavy atom. The third-order valence-corrected chi connectivity index (χ3v) is 6.46. The summed E-state index contributed by atoms with van der Waals surface area (Å²) in [6, 6.07) is 13.2. The Morgan fingerprint density at radius 2 is 1.75 bits per heavy atom. The van der Waals surface area contributed by atoms with Crippen LogP contribution in [-0.4, -0.2) is 28.8 Å². The van der Waals surface area contributed by atoms with Crippen LogP contribution in [0.1, 0.15) is 31.1 Å². The van der Waals surface area contributed by atoms with Crippen molar-refractivity contribution in [3.8, 4) is 11.5 Å². The molecule has 5 rings (SSSR count). The van der Waals surface area contributed by atoms with Crippen LogP contribution in [-0.2, 0) is 11.8 Å². The Labute approximate surface area is 184 Å². The number of carbonyl (C=O) groups is 2. The van der Waals surface area contributed by atoms with Gasteiger partial charge in [-0.05, 0) is 43.7 Å². The minimum Gasteiger partial charge on any atom is -0.496 e. The standard InChI is InChI=1S/C26H23NO5/c1-13(28)22-25(30)21-19(32-26(22,2)3)12-18(31-5)20-23(21)27(4)17-11-15-9-7-6-8-14(15)10-16(17)24(20)29/h6-12,22H,1-5H3. The number of nitrogens with zero attached hydrogens (tertiary/aromatic N) is 1. The summed E-state index contributed by atoms with van der Waals surface area (Å²) < 4.78 is 13.6. The van der Waals surface area contributed by atoms with Crippen molar-refractivity contribution in [2.45, 2.75) is 26.4 Å². The van der Waals surface area contributed by atoms with Crippen molar-refractivity contribution >= 4 is 44.1 Å². The maximum absolute atomic E-state index is 13.7. The first-order valence-corrected chi connectivity index (χ1v) is 10.5. The molecule has 1 unspecified atom stereocenters. The van der Waals surface area contributed by atoms with Gasteiger partial charge in [-0.15, -0.1) is 0 Å². The van der Waals surface area contributed by atoms with Crippen molar-refractivity contribution in [3.63, 3.8) is 0 Å². The summed E-state index contributed by atoms with van der Waals surface area (Å²) >= 11 is 0. The number of pyridine rings is 1. The first-order valence-electron chi connectivity index (χ1n) is 10.5. The molecule has 2 heterocycles. The molecule has 1 aliphatic rings. The molecule has 0 saturated carbocycles. The van der Waals surface area contributed by atoms with Gasteiger partial charge in [-0.2, -0.15) is 0 Å². The van der Waals surface area contributed by atoms with Gasteiger partial charge < -0.3 is 14.0 Å². The third kappa shape index (κ3) is 2.62. The smallest absolute Gasteiger partial charge is 0.201 e. The van der Waals surface area contributed by atoms with E-state index in [0.29, 0.717) is 33.3 Å². The number of rotatable bonds is 2. The number of ether oxygens (including phenoxy) is 2. The Kier molecular flexibility index (Phi) is 4.21. The Hall–Kier alpha value is -3.67. The van der Waals surface area contributed by atoms with Crippen molar-refractivity contribution in [2.24, 2.45) is 13.0 Å². The van der Waals surface area contributed by atoms with Crippen LogP contribution >= 0.6 is 0 Å². The fraction of sp³-hybridized carbons (Fsp3) is 0.269. The predicted molar refractivity (Wildman–Crippen MR) is 124 cm³/mol. The summed E-state index contributed by atoms with van der Waals surface area (Å²) in [6.45, 7) is 4.84. The quantitative estimate of drug-likeness (QED) is 0.349. The lowest BCUT2D eigenvalue weighted by Crippen LogP contribution is -2.49. The molecule has 0 saturated heterocycles. The van der Waals surface area contributed by atoms with Gasteiger partial charge in [0.25, 0.3) is 0 Å². The van der Waals surface area contributed by atoms with Gasteiger partial charge >= 0.3 is 0 Å². The van der Waals surface area contributed by atoms with Crippen LogP contribution in [0.25, 0.3) is 32.6 Å². The zero-order valence-corrected chi connectivity index (χ0v) is 18.6. The molecule has 0 fully saturated rings. The third-order valence-electron chi connectivity index (χ3n) is 6.46. The molecule has 4 aromatic rings. The molecule has 32 heavy (non-hydrogen) atoms. The molecule has 1 atom stereocenters. The van der Waals surface area contributed by atoms with Gasteiger partial charge in [-0.1, -0.05) is 24.3 Å². The fourth-order valence-corrected chi connectivity index (χ4v) is 5.08. The highest BCUT2D eigenvalue weighted by atomic mass is 16.5. The topological polar surface area (TPSA) is 74.6 Å². The minimum absolute atomic E-state index is 0.226. The molecule has 0 aliphatic carbocycles. The van der Waals surface area contributed by atoms with Crippen molar-refractivity contribution < 1.29 is 19.1 Å². The van der Waals surface area contributed by atoms with Gasteiger partial charge in [0.1, 0.15) is 28.8 Å². The Bertz CT molecular complexity index is 1540. The molecule has 162 valence electrons. The molecule has 6 heteroatoms. The first kappa shape index (κ1) is 20.2. The number of Topliss-reactive ketones (excluding diaryl/α,β-unsaturated/α-hetero) is 2. The second-order valence-electron chi connectivity index (χ2n) is 8.89. The number of hydrogen-bond donors (Lipinski definition) is 0. The van der Waals surface area contributed by atoms with E-state index in [1.165, 1.54) is 14.0 Å². The Balaban J connectivity index is 2.00. The maximum Gasteiger partial charge on any atom is 0.201 e. The van der Waals surface area contributed by atoms with Gasteiger partial charge in [0, 0.05) is 18.5 Å². The summed E-state index contributed by atoms with van der Waals surface area (Å²) in [5.74, 6) is -0.928. The number of methoxy groups -OCH3 is 1. The molecule has 0 radical (unpaired) electrons. The predicted octanol–water partition coefficient (Wildman–Crippen LogP) is 4.41. The lowest BCUT2D eigenvalue weighted by atomic mass is 9.78. The van der Waals surface area contributed by atoms with E-state index in [4.69, 9.17) is 9.47 Å². The van der Waals surface area contributed by atoms with E-state index < -0.39 is 11.5 Å². The fourth-order valence-electron chi connectivity index (χ4n) is 5.08. The SMILES string of the molecule is COc1cc2c(c3c1c(=O)c1cc4ccccc4cc1n3C)C(=O)C(C(C)=O)C(C)(C)O2. The van der Waals surface area contributed by atoms with Crippen LogP contribution in [0.2, 0.25) is 0 Å². The normalized spacial score (nSPS) is 17.4. The van der Waals surface area contributed by atoms with Crippen LogP contribution < -0.4 is 14.9 Å². The first-order chi connectivity index (χ1) is 15.2. The maximum atomic E-state index is 13.7. The summed E-state index contributed by atoms with van der Waals surface area (Å²) in [5.41, 5.74) is 0.110. The molecular weight excluding hydrogens is 406 g/mol. The van der Waals surface area contributed by atoms with Crippen molar-refractivity contribution in [2.75, 3.05) is 7.11 Å². The highest BCUT2D eigenvalue weighted by molar-refractivity contribution is 6.20. The molecule has 0 amide bonds. The van der Waals surface area contributed by atoms with Crippen LogP contribution in [0.4, 0.5) is 0 Å². The van der Waals surface area contributed by atoms with Crippen LogP contribution in [0.3, 0.4) is 0 Å². The van der Waals surface area contributed by atoms with Crippen LogP contribution in [0, 0.1) is 5.92 Å². The largest absolute Gasteiger partial charge is 0.496 e. The van der Waals surface area contributed by atoms with E-state index >= 15 is 0 Å². The number of hydrogen-bond acceptors (Lipinski definition) is 5. The average Bonchev–Trinajstić information content (AvgIpc) is 2.74. The highest BCUT2D eigenvalue weighted by Crippen LogP contribution is 2.44. The van der Waals surface area contributed by atoms with E-state index in [-0.39, 0.29) is 22.6 Å². The number of benzene rings is 3. The molecule has 1 aromatic heterocycles. The van der Waals surface area contributed by atoms with Crippen molar-refractivity contribution in [1.82, 2.24) is 4.57 Å². The number of carbonyl (C=O) groups excluding carboxylic acids is 2. The van der Waals surface area contributed by atoms with E-state index in [1.54, 1.807) is 19.9 Å². The lowest BCUT2D eigenvalue weighted by molar-refractivity contribution is -0.124. The van der Waals surface area contributed by atoms with E-state index in [0.717, 1.165) is 10.8 Å². The summed E-state index contributed by atoms with van der Waals surface area (Å²) in [5, 5.41) is 2.77.